The normalized spacial score (nSPS) is 12.1. The fourth-order valence-electron chi connectivity index (χ4n) is 1.29. The zero-order valence-corrected chi connectivity index (χ0v) is 9.01. The van der Waals surface area contributed by atoms with Gasteiger partial charge in [0.25, 0.3) is 0 Å². The number of nitrogens with one attached hydrogen (secondary N) is 1. The molecule has 0 aromatic carbocycles. The van der Waals surface area contributed by atoms with Gasteiger partial charge in [0.15, 0.2) is 0 Å². The molecule has 0 bridgehead atoms. The molecule has 1 atom stereocenters. The molecule has 0 radical (unpaired) electrons. The molecule has 4 nitrogen and oxygen atoms in total. The van der Waals surface area contributed by atoms with E-state index in [0.29, 0.717) is 0 Å². The Balaban J connectivity index is 3.85. The Kier molecular flexibility index (Phi) is 6.80. The van der Waals surface area contributed by atoms with Crippen molar-refractivity contribution in [1.29, 1.82) is 0 Å². The van der Waals surface area contributed by atoms with Crippen LogP contribution in [-0.2, 0) is 9.59 Å². The van der Waals surface area contributed by atoms with Gasteiger partial charge >= 0.3 is 0 Å². The molecule has 1 unspecified atom stereocenters. The van der Waals surface area contributed by atoms with E-state index < -0.39 is 5.91 Å². The predicted octanol–water partition coefficient (Wildman–Crippen LogP) is 0.804. The SMILES string of the molecule is CCCCC(CC)C(=O)NCC(N)=O. The fourth-order valence-corrected chi connectivity index (χ4v) is 1.29. The molecule has 0 saturated heterocycles. The minimum absolute atomic E-state index is 0.0225. The topological polar surface area (TPSA) is 72.2 Å². The van der Waals surface area contributed by atoms with Crippen molar-refractivity contribution >= 4 is 11.8 Å². The summed E-state index contributed by atoms with van der Waals surface area (Å²) in [6.45, 7) is 4.01. The Labute approximate surface area is 85.2 Å². The minimum Gasteiger partial charge on any atom is -0.368 e. The van der Waals surface area contributed by atoms with Crippen molar-refractivity contribution in [3.05, 3.63) is 0 Å². The maximum atomic E-state index is 11.5. The lowest BCUT2D eigenvalue weighted by molar-refractivity contribution is -0.128. The van der Waals surface area contributed by atoms with Gasteiger partial charge in [-0.15, -0.1) is 0 Å². The number of amides is 2. The highest BCUT2D eigenvalue weighted by atomic mass is 16.2. The van der Waals surface area contributed by atoms with Crippen molar-refractivity contribution in [2.24, 2.45) is 11.7 Å². The number of carbonyl (C=O) groups is 2. The number of hydrogen-bond donors (Lipinski definition) is 2. The van der Waals surface area contributed by atoms with E-state index >= 15 is 0 Å². The van der Waals surface area contributed by atoms with Crippen LogP contribution in [-0.4, -0.2) is 18.4 Å². The lowest BCUT2D eigenvalue weighted by Crippen LogP contribution is -2.37. The number of primary amides is 1. The van der Waals surface area contributed by atoms with Crippen molar-refractivity contribution in [2.45, 2.75) is 39.5 Å². The van der Waals surface area contributed by atoms with Gasteiger partial charge in [0.2, 0.25) is 11.8 Å². The average molecular weight is 200 g/mol. The van der Waals surface area contributed by atoms with Crippen LogP contribution in [0.3, 0.4) is 0 Å². The molecule has 0 heterocycles. The van der Waals surface area contributed by atoms with Crippen molar-refractivity contribution in [3.63, 3.8) is 0 Å². The van der Waals surface area contributed by atoms with E-state index in [1.54, 1.807) is 0 Å². The molecule has 0 rings (SSSR count). The van der Waals surface area contributed by atoms with Gasteiger partial charge in [0, 0.05) is 5.92 Å². The molecule has 0 aromatic heterocycles. The zero-order chi connectivity index (χ0) is 11.0. The van der Waals surface area contributed by atoms with Crippen LogP contribution in [0.1, 0.15) is 39.5 Å². The van der Waals surface area contributed by atoms with Crippen LogP contribution in [0.2, 0.25) is 0 Å². The summed E-state index contributed by atoms with van der Waals surface area (Å²) < 4.78 is 0. The van der Waals surface area contributed by atoms with E-state index in [0.717, 1.165) is 25.7 Å². The molecule has 3 N–H and O–H groups in total. The molecule has 82 valence electrons. The molecule has 0 spiro atoms. The number of carbonyl (C=O) groups excluding carboxylic acids is 2. The van der Waals surface area contributed by atoms with Crippen LogP contribution in [0.5, 0.6) is 0 Å². The van der Waals surface area contributed by atoms with Crippen LogP contribution in [0.4, 0.5) is 0 Å². The molecule has 0 fully saturated rings. The molecule has 4 heteroatoms. The summed E-state index contributed by atoms with van der Waals surface area (Å²) in [4.78, 5) is 21.9. The first kappa shape index (κ1) is 12.9. The summed E-state index contributed by atoms with van der Waals surface area (Å²) in [7, 11) is 0. The van der Waals surface area contributed by atoms with E-state index in [2.05, 4.69) is 12.2 Å². The van der Waals surface area contributed by atoms with Gasteiger partial charge in [-0.3, -0.25) is 9.59 Å². The second-order valence-electron chi connectivity index (χ2n) is 3.43. The van der Waals surface area contributed by atoms with E-state index in [9.17, 15) is 9.59 Å². The average Bonchev–Trinajstić information content (AvgIpc) is 2.16. The third-order valence-corrected chi connectivity index (χ3v) is 2.21. The Morgan fingerprint density at radius 1 is 1.36 bits per heavy atom. The van der Waals surface area contributed by atoms with Crippen LogP contribution < -0.4 is 11.1 Å². The number of rotatable bonds is 7. The number of unbranched alkanes of at least 4 members (excludes halogenated alkanes) is 1. The summed E-state index contributed by atoms with van der Waals surface area (Å²) >= 11 is 0. The van der Waals surface area contributed by atoms with E-state index in [1.807, 2.05) is 6.92 Å². The molecule has 0 aliphatic heterocycles. The quantitative estimate of drug-likeness (QED) is 0.638. The first-order valence-corrected chi connectivity index (χ1v) is 5.17. The molecule has 14 heavy (non-hydrogen) atoms. The summed E-state index contributed by atoms with van der Waals surface area (Å²) in [5, 5.41) is 2.53. The Bertz CT molecular complexity index is 193. The first-order chi connectivity index (χ1) is 6.61. The van der Waals surface area contributed by atoms with Gasteiger partial charge < -0.3 is 11.1 Å². The predicted molar refractivity (Wildman–Crippen MR) is 55.5 cm³/mol. The van der Waals surface area contributed by atoms with Crippen molar-refractivity contribution < 1.29 is 9.59 Å². The van der Waals surface area contributed by atoms with Gasteiger partial charge in [0.1, 0.15) is 0 Å². The highest BCUT2D eigenvalue weighted by Crippen LogP contribution is 2.12. The highest BCUT2D eigenvalue weighted by molar-refractivity contribution is 5.84. The molecule has 0 saturated carbocycles. The standard InChI is InChI=1S/C10H20N2O2/c1-3-5-6-8(4-2)10(14)12-7-9(11)13/h8H,3-7H2,1-2H3,(H2,11,13)(H,12,14). The molecule has 2 amide bonds. The molecular formula is C10H20N2O2. The summed E-state index contributed by atoms with van der Waals surface area (Å²) in [5.41, 5.74) is 4.93. The summed E-state index contributed by atoms with van der Waals surface area (Å²) in [6, 6.07) is 0. The van der Waals surface area contributed by atoms with Crippen molar-refractivity contribution in [1.82, 2.24) is 5.32 Å². The van der Waals surface area contributed by atoms with Gasteiger partial charge in [-0.05, 0) is 12.8 Å². The maximum absolute atomic E-state index is 11.5. The van der Waals surface area contributed by atoms with Crippen LogP contribution in [0.15, 0.2) is 0 Å². The number of hydrogen-bond acceptors (Lipinski definition) is 2. The Morgan fingerprint density at radius 3 is 2.43 bits per heavy atom. The highest BCUT2D eigenvalue weighted by Gasteiger charge is 2.15. The fraction of sp³-hybridized carbons (Fsp3) is 0.800. The maximum Gasteiger partial charge on any atom is 0.236 e. The first-order valence-electron chi connectivity index (χ1n) is 5.17. The molecule has 0 aliphatic carbocycles. The van der Waals surface area contributed by atoms with Gasteiger partial charge in [0.05, 0.1) is 6.54 Å². The largest absolute Gasteiger partial charge is 0.368 e. The molecule has 0 aromatic rings. The number of nitrogens with two attached hydrogens (primary N) is 1. The second kappa shape index (κ2) is 7.35. The van der Waals surface area contributed by atoms with Crippen LogP contribution in [0, 0.1) is 5.92 Å². The summed E-state index contributed by atoms with van der Waals surface area (Å²) in [6.07, 6.45) is 3.82. The smallest absolute Gasteiger partial charge is 0.236 e. The Morgan fingerprint density at radius 2 is 2.00 bits per heavy atom. The second-order valence-corrected chi connectivity index (χ2v) is 3.43. The molecule has 0 aliphatic rings. The monoisotopic (exact) mass is 200 g/mol. The van der Waals surface area contributed by atoms with Crippen molar-refractivity contribution in [3.8, 4) is 0 Å². The van der Waals surface area contributed by atoms with Gasteiger partial charge in [-0.2, -0.15) is 0 Å². The molecular weight excluding hydrogens is 180 g/mol. The lowest BCUT2D eigenvalue weighted by atomic mass is 9.98. The van der Waals surface area contributed by atoms with Crippen molar-refractivity contribution in [2.75, 3.05) is 6.54 Å². The minimum atomic E-state index is -0.497. The third kappa shape index (κ3) is 5.56. The van der Waals surface area contributed by atoms with E-state index in [1.165, 1.54) is 0 Å². The van der Waals surface area contributed by atoms with E-state index in [-0.39, 0.29) is 18.4 Å². The van der Waals surface area contributed by atoms with E-state index in [4.69, 9.17) is 5.73 Å². The van der Waals surface area contributed by atoms with Gasteiger partial charge in [-0.25, -0.2) is 0 Å². The van der Waals surface area contributed by atoms with Crippen LogP contribution >= 0.6 is 0 Å². The van der Waals surface area contributed by atoms with Crippen LogP contribution in [0.25, 0.3) is 0 Å². The lowest BCUT2D eigenvalue weighted by Gasteiger charge is -2.13. The zero-order valence-electron chi connectivity index (χ0n) is 9.01. The summed E-state index contributed by atoms with van der Waals surface area (Å²) in [5.74, 6) is -0.530. The van der Waals surface area contributed by atoms with Gasteiger partial charge in [-0.1, -0.05) is 26.7 Å². The Hall–Kier alpha value is -1.06. The third-order valence-electron chi connectivity index (χ3n) is 2.21.